The number of benzene rings is 1. The molecule has 144 valence electrons. The summed E-state index contributed by atoms with van der Waals surface area (Å²) in [6.07, 6.45) is 1.84. The molecule has 2 aromatic heterocycles. The fourth-order valence-electron chi connectivity index (χ4n) is 3.57. The van der Waals surface area contributed by atoms with Crippen molar-refractivity contribution in [2.45, 2.75) is 20.8 Å². The fourth-order valence-corrected chi connectivity index (χ4v) is 3.57. The highest BCUT2D eigenvalue weighted by atomic mass is 15.3. The van der Waals surface area contributed by atoms with Gasteiger partial charge in [-0.05, 0) is 44.0 Å². The molecule has 0 amide bonds. The average molecular weight is 374 g/mol. The van der Waals surface area contributed by atoms with Gasteiger partial charge in [0.25, 0.3) is 0 Å². The van der Waals surface area contributed by atoms with E-state index >= 15 is 0 Å². The van der Waals surface area contributed by atoms with E-state index in [9.17, 15) is 0 Å². The number of rotatable bonds is 4. The van der Waals surface area contributed by atoms with Gasteiger partial charge in [0.2, 0.25) is 5.95 Å². The molecule has 0 bridgehead atoms. The number of hydrogen-bond donors (Lipinski definition) is 1. The van der Waals surface area contributed by atoms with Crippen molar-refractivity contribution < 1.29 is 0 Å². The van der Waals surface area contributed by atoms with Gasteiger partial charge in [-0.25, -0.2) is 9.97 Å². The standard InChI is InChI=1S/C22H26N6/c1-16-7-6-8-17(2)21(16)25-19-15-18(3)24-22(26-19)28-13-11-27(12-14-28)20-9-4-5-10-23-20/h4-10,15H,11-14H2,1-3H3,(H,24,25,26). The summed E-state index contributed by atoms with van der Waals surface area (Å²) in [5.74, 6) is 2.66. The summed E-state index contributed by atoms with van der Waals surface area (Å²) in [6.45, 7) is 9.82. The highest BCUT2D eigenvalue weighted by Crippen LogP contribution is 2.25. The number of pyridine rings is 1. The molecule has 0 radical (unpaired) electrons. The van der Waals surface area contributed by atoms with Crippen molar-refractivity contribution in [3.05, 3.63) is 65.5 Å². The Labute approximate surface area is 166 Å². The van der Waals surface area contributed by atoms with Crippen LogP contribution in [0.3, 0.4) is 0 Å². The maximum absolute atomic E-state index is 4.80. The summed E-state index contributed by atoms with van der Waals surface area (Å²) >= 11 is 0. The van der Waals surface area contributed by atoms with E-state index < -0.39 is 0 Å². The molecule has 1 fully saturated rings. The molecule has 6 nitrogen and oxygen atoms in total. The van der Waals surface area contributed by atoms with E-state index in [1.165, 1.54) is 11.1 Å². The van der Waals surface area contributed by atoms with Crippen LogP contribution in [-0.4, -0.2) is 41.1 Å². The number of nitrogens with one attached hydrogen (secondary N) is 1. The summed E-state index contributed by atoms with van der Waals surface area (Å²) in [7, 11) is 0. The van der Waals surface area contributed by atoms with Gasteiger partial charge in [-0.15, -0.1) is 0 Å². The zero-order chi connectivity index (χ0) is 19.5. The molecule has 3 heterocycles. The van der Waals surface area contributed by atoms with Gasteiger partial charge in [0, 0.05) is 49.8 Å². The van der Waals surface area contributed by atoms with Gasteiger partial charge in [0.05, 0.1) is 0 Å². The molecule has 1 aliphatic rings. The molecule has 4 rings (SSSR count). The van der Waals surface area contributed by atoms with Gasteiger partial charge >= 0.3 is 0 Å². The summed E-state index contributed by atoms with van der Waals surface area (Å²) in [5.41, 5.74) is 4.50. The van der Waals surface area contributed by atoms with E-state index in [-0.39, 0.29) is 0 Å². The average Bonchev–Trinajstić information content (AvgIpc) is 2.71. The molecule has 1 N–H and O–H groups in total. The topological polar surface area (TPSA) is 57.2 Å². The lowest BCUT2D eigenvalue weighted by molar-refractivity contribution is 0.634. The third kappa shape index (κ3) is 3.91. The SMILES string of the molecule is Cc1cc(Nc2c(C)cccc2C)nc(N2CCN(c3ccccn3)CC2)n1. The summed E-state index contributed by atoms with van der Waals surface area (Å²) in [6, 6.07) is 14.3. The van der Waals surface area contributed by atoms with Crippen LogP contribution in [0.4, 0.5) is 23.3 Å². The Balaban J connectivity index is 1.50. The second-order valence-corrected chi connectivity index (χ2v) is 7.25. The Bertz CT molecular complexity index is 928. The molecule has 1 aliphatic heterocycles. The van der Waals surface area contributed by atoms with E-state index in [1.54, 1.807) is 0 Å². The van der Waals surface area contributed by atoms with Crippen LogP contribution >= 0.6 is 0 Å². The Kier molecular flexibility index (Phi) is 5.10. The van der Waals surface area contributed by atoms with Crippen molar-refractivity contribution in [2.75, 3.05) is 41.3 Å². The summed E-state index contributed by atoms with van der Waals surface area (Å²) in [5, 5.41) is 3.50. The van der Waals surface area contributed by atoms with Gasteiger partial charge < -0.3 is 15.1 Å². The van der Waals surface area contributed by atoms with E-state index in [4.69, 9.17) is 4.98 Å². The first-order chi connectivity index (χ1) is 13.6. The van der Waals surface area contributed by atoms with Crippen molar-refractivity contribution in [2.24, 2.45) is 0 Å². The third-order valence-electron chi connectivity index (χ3n) is 5.11. The van der Waals surface area contributed by atoms with Crippen molar-refractivity contribution in [3.8, 4) is 0 Å². The smallest absolute Gasteiger partial charge is 0.227 e. The number of anilines is 4. The van der Waals surface area contributed by atoms with Crippen molar-refractivity contribution >= 4 is 23.3 Å². The van der Waals surface area contributed by atoms with Crippen LogP contribution in [0.1, 0.15) is 16.8 Å². The van der Waals surface area contributed by atoms with Crippen LogP contribution in [0.2, 0.25) is 0 Å². The molecule has 0 aliphatic carbocycles. The zero-order valence-electron chi connectivity index (χ0n) is 16.7. The Morgan fingerprint density at radius 1 is 0.821 bits per heavy atom. The molecule has 0 atom stereocenters. The van der Waals surface area contributed by atoms with Crippen molar-refractivity contribution in [3.63, 3.8) is 0 Å². The molecule has 28 heavy (non-hydrogen) atoms. The number of piperazine rings is 1. The Morgan fingerprint density at radius 2 is 1.54 bits per heavy atom. The predicted molar refractivity (Wildman–Crippen MR) is 115 cm³/mol. The van der Waals surface area contributed by atoms with Gasteiger partial charge in [-0.2, -0.15) is 4.98 Å². The fraction of sp³-hybridized carbons (Fsp3) is 0.318. The molecule has 3 aromatic rings. The van der Waals surface area contributed by atoms with Crippen LogP contribution in [0.15, 0.2) is 48.7 Å². The number of aromatic nitrogens is 3. The lowest BCUT2D eigenvalue weighted by atomic mass is 10.1. The van der Waals surface area contributed by atoms with Gasteiger partial charge in [-0.1, -0.05) is 24.3 Å². The van der Waals surface area contributed by atoms with E-state index in [0.717, 1.165) is 55.1 Å². The van der Waals surface area contributed by atoms with Gasteiger partial charge in [0.15, 0.2) is 0 Å². The number of nitrogens with zero attached hydrogens (tertiary/aromatic N) is 5. The molecular weight excluding hydrogens is 348 g/mol. The minimum Gasteiger partial charge on any atom is -0.353 e. The van der Waals surface area contributed by atoms with Gasteiger partial charge in [-0.3, -0.25) is 0 Å². The third-order valence-corrected chi connectivity index (χ3v) is 5.11. The molecule has 0 saturated carbocycles. The maximum atomic E-state index is 4.80. The number of aryl methyl sites for hydroxylation is 3. The highest BCUT2D eigenvalue weighted by Gasteiger charge is 2.20. The van der Waals surface area contributed by atoms with Crippen LogP contribution in [0, 0.1) is 20.8 Å². The second-order valence-electron chi connectivity index (χ2n) is 7.25. The van der Waals surface area contributed by atoms with Crippen LogP contribution in [0.5, 0.6) is 0 Å². The lowest BCUT2D eigenvalue weighted by Gasteiger charge is -2.35. The monoisotopic (exact) mass is 374 g/mol. The van der Waals surface area contributed by atoms with Crippen LogP contribution < -0.4 is 15.1 Å². The maximum Gasteiger partial charge on any atom is 0.227 e. The second kappa shape index (κ2) is 7.84. The highest BCUT2D eigenvalue weighted by molar-refractivity contribution is 5.65. The number of hydrogen-bond acceptors (Lipinski definition) is 6. The molecular formula is C22H26N6. The van der Waals surface area contributed by atoms with Crippen molar-refractivity contribution in [1.29, 1.82) is 0 Å². The normalized spacial score (nSPS) is 14.2. The van der Waals surface area contributed by atoms with E-state index in [0.29, 0.717) is 0 Å². The van der Waals surface area contributed by atoms with Gasteiger partial charge in [0.1, 0.15) is 11.6 Å². The van der Waals surface area contributed by atoms with Crippen molar-refractivity contribution in [1.82, 2.24) is 15.0 Å². The summed E-state index contributed by atoms with van der Waals surface area (Å²) in [4.78, 5) is 18.5. The minimum absolute atomic E-state index is 0.786. The first kappa shape index (κ1) is 18.2. The summed E-state index contributed by atoms with van der Waals surface area (Å²) < 4.78 is 0. The largest absolute Gasteiger partial charge is 0.353 e. The minimum atomic E-state index is 0.786. The lowest BCUT2D eigenvalue weighted by Crippen LogP contribution is -2.47. The number of para-hydroxylation sites is 1. The molecule has 0 spiro atoms. The predicted octanol–water partition coefficient (Wildman–Crippen LogP) is 3.87. The molecule has 6 heteroatoms. The van der Waals surface area contributed by atoms with Crippen LogP contribution in [-0.2, 0) is 0 Å². The molecule has 1 saturated heterocycles. The first-order valence-electron chi connectivity index (χ1n) is 9.70. The van der Waals surface area contributed by atoms with E-state index in [1.807, 2.05) is 31.3 Å². The molecule has 0 unspecified atom stereocenters. The molecule has 1 aromatic carbocycles. The van der Waals surface area contributed by atoms with E-state index in [2.05, 4.69) is 63.2 Å². The first-order valence-corrected chi connectivity index (χ1v) is 9.70. The quantitative estimate of drug-likeness (QED) is 0.748. The Morgan fingerprint density at radius 3 is 2.21 bits per heavy atom. The van der Waals surface area contributed by atoms with Crippen LogP contribution in [0.25, 0.3) is 0 Å². The Hall–Kier alpha value is -3.15. The zero-order valence-corrected chi connectivity index (χ0v) is 16.7.